The molecule has 0 aliphatic heterocycles. The first-order valence-electron chi connectivity index (χ1n) is 4.49. The molecule has 0 bridgehead atoms. The molecule has 0 saturated carbocycles. The number of aliphatic hydroxyl groups is 1. The number of amides is 1. The van der Waals surface area contributed by atoms with Gasteiger partial charge in [0, 0.05) is 13.6 Å². The lowest BCUT2D eigenvalue weighted by Gasteiger charge is -2.29. The first kappa shape index (κ1) is 12.9. The van der Waals surface area contributed by atoms with Crippen LogP contribution in [0.5, 0.6) is 0 Å². The molecule has 0 unspecified atom stereocenters. The van der Waals surface area contributed by atoms with Gasteiger partial charge in [-0.05, 0) is 27.7 Å². The zero-order valence-electron chi connectivity index (χ0n) is 9.46. The smallest absolute Gasteiger partial charge is 0.242 e. The number of hydrogen-bond donors (Lipinski definition) is 1. The number of rotatable bonds is 3. The molecule has 0 heterocycles. The molecule has 0 radical (unpaired) electrons. The van der Waals surface area contributed by atoms with Crippen molar-refractivity contribution >= 4 is 5.91 Å². The van der Waals surface area contributed by atoms with E-state index in [9.17, 15) is 9.90 Å². The van der Waals surface area contributed by atoms with Gasteiger partial charge in [-0.25, -0.2) is 0 Å². The van der Waals surface area contributed by atoms with E-state index in [2.05, 4.69) is 0 Å². The predicted molar refractivity (Wildman–Crippen MR) is 53.3 cm³/mol. The van der Waals surface area contributed by atoms with E-state index in [-0.39, 0.29) is 12.5 Å². The van der Waals surface area contributed by atoms with Crippen LogP contribution in [0.25, 0.3) is 0 Å². The van der Waals surface area contributed by atoms with E-state index >= 15 is 0 Å². The van der Waals surface area contributed by atoms with Crippen molar-refractivity contribution in [2.75, 3.05) is 13.6 Å². The summed E-state index contributed by atoms with van der Waals surface area (Å²) in [4.78, 5) is 13.0. The highest BCUT2D eigenvalue weighted by atomic mass is 16.3. The summed E-state index contributed by atoms with van der Waals surface area (Å²) < 4.78 is 0. The molecule has 0 atom stereocenters. The topological polar surface area (TPSA) is 64.3 Å². The van der Waals surface area contributed by atoms with E-state index in [0.29, 0.717) is 0 Å². The molecular formula is C10H18N2O2. The van der Waals surface area contributed by atoms with Crippen molar-refractivity contribution in [1.82, 2.24) is 4.90 Å². The predicted octanol–water partition coefficient (Wildman–Crippen LogP) is 0.765. The SMILES string of the molecule is CN(CC(C)(C)O)C(=O)C(C)(C)C#N. The fourth-order valence-corrected chi connectivity index (χ4v) is 1.18. The second-order valence-electron chi connectivity index (χ2n) is 4.71. The van der Waals surface area contributed by atoms with E-state index < -0.39 is 11.0 Å². The summed E-state index contributed by atoms with van der Waals surface area (Å²) in [7, 11) is 1.58. The molecule has 80 valence electrons. The van der Waals surface area contributed by atoms with Gasteiger partial charge in [0.15, 0.2) is 0 Å². The van der Waals surface area contributed by atoms with Crippen LogP contribution in [0.1, 0.15) is 27.7 Å². The molecule has 4 heteroatoms. The molecule has 0 saturated heterocycles. The van der Waals surface area contributed by atoms with Crippen LogP contribution >= 0.6 is 0 Å². The molecule has 4 nitrogen and oxygen atoms in total. The van der Waals surface area contributed by atoms with Crippen molar-refractivity contribution in [3.05, 3.63) is 0 Å². The molecule has 0 fully saturated rings. The Bertz CT molecular complexity index is 258. The Labute approximate surface area is 85.1 Å². The monoisotopic (exact) mass is 198 g/mol. The van der Waals surface area contributed by atoms with Crippen LogP contribution in [0.3, 0.4) is 0 Å². The first-order valence-corrected chi connectivity index (χ1v) is 4.49. The quantitative estimate of drug-likeness (QED) is 0.728. The van der Waals surface area contributed by atoms with Crippen molar-refractivity contribution in [1.29, 1.82) is 5.26 Å². The third-order valence-electron chi connectivity index (χ3n) is 1.78. The van der Waals surface area contributed by atoms with E-state index in [1.165, 1.54) is 4.90 Å². The lowest BCUT2D eigenvalue weighted by atomic mass is 9.93. The van der Waals surface area contributed by atoms with Crippen molar-refractivity contribution < 1.29 is 9.90 Å². The van der Waals surface area contributed by atoms with Gasteiger partial charge in [-0.1, -0.05) is 0 Å². The molecule has 0 aromatic heterocycles. The highest BCUT2D eigenvalue weighted by molar-refractivity contribution is 5.84. The van der Waals surface area contributed by atoms with Crippen molar-refractivity contribution in [2.45, 2.75) is 33.3 Å². The summed E-state index contributed by atoms with van der Waals surface area (Å²) in [5.74, 6) is -0.276. The van der Waals surface area contributed by atoms with Gasteiger partial charge < -0.3 is 10.0 Å². The second-order valence-corrected chi connectivity index (χ2v) is 4.71. The molecule has 1 N–H and O–H groups in total. The van der Waals surface area contributed by atoms with Crippen molar-refractivity contribution in [3.8, 4) is 6.07 Å². The molecule has 1 amide bonds. The molecule has 0 rings (SSSR count). The van der Waals surface area contributed by atoms with Gasteiger partial charge in [-0.3, -0.25) is 4.79 Å². The molecule has 0 aromatic carbocycles. The number of carbonyl (C=O) groups excluding carboxylic acids is 1. The lowest BCUT2D eigenvalue weighted by Crippen LogP contribution is -2.44. The van der Waals surface area contributed by atoms with E-state index in [1.807, 2.05) is 6.07 Å². The molecule has 0 spiro atoms. The maximum Gasteiger partial charge on any atom is 0.242 e. The number of hydrogen-bond acceptors (Lipinski definition) is 3. The maximum atomic E-state index is 11.7. The molecule has 0 aromatic rings. The second kappa shape index (κ2) is 3.97. The van der Waals surface area contributed by atoms with Gasteiger partial charge in [0.05, 0.1) is 11.7 Å². The van der Waals surface area contributed by atoms with Gasteiger partial charge in [-0.2, -0.15) is 5.26 Å². The van der Waals surface area contributed by atoms with Gasteiger partial charge in [0.1, 0.15) is 5.41 Å². The minimum absolute atomic E-state index is 0.219. The van der Waals surface area contributed by atoms with Crippen molar-refractivity contribution in [2.24, 2.45) is 5.41 Å². The van der Waals surface area contributed by atoms with Crippen LogP contribution in [0.2, 0.25) is 0 Å². The Morgan fingerprint density at radius 3 is 2.14 bits per heavy atom. The van der Waals surface area contributed by atoms with Crippen molar-refractivity contribution in [3.63, 3.8) is 0 Å². The zero-order chi connectivity index (χ0) is 11.6. The Kier molecular flexibility index (Phi) is 3.66. The summed E-state index contributed by atoms with van der Waals surface area (Å²) >= 11 is 0. The number of likely N-dealkylation sites (N-methyl/N-ethyl adjacent to an activating group) is 1. The van der Waals surface area contributed by atoms with E-state index in [1.54, 1.807) is 34.7 Å². The summed E-state index contributed by atoms with van der Waals surface area (Å²) in [6.45, 7) is 6.59. The highest BCUT2D eigenvalue weighted by Crippen LogP contribution is 2.17. The van der Waals surface area contributed by atoms with Crippen LogP contribution in [0, 0.1) is 16.7 Å². The first-order chi connectivity index (χ1) is 6.10. The zero-order valence-corrected chi connectivity index (χ0v) is 9.46. The third-order valence-corrected chi connectivity index (χ3v) is 1.78. The Morgan fingerprint density at radius 1 is 1.43 bits per heavy atom. The lowest BCUT2D eigenvalue weighted by molar-refractivity contribution is -0.138. The van der Waals surface area contributed by atoms with Gasteiger partial charge >= 0.3 is 0 Å². The number of carbonyl (C=O) groups is 1. The average Bonchev–Trinajstić information content (AvgIpc) is 2.00. The largest absolute Gasteiger partial charge is 0.389 e. The molecule has 0 aliphatic carbocycles. The summed E-state index contributed by atoms with van der Waals surface area (Å²) in [5, 5.41) is 18.3. The standard InChI is InChI=1S/C10H18N2O2/c1-9(2,6-11)8(13)12(5)7-10(3,4)14/h14H,7H2,1-5H3. The van der Waals surface area contributed by atoms with Crippen LogP contribution in [0.4, 0.5) is 0 Å². The molecule has 0 aliphatic rings. The van der Waals surface area contributed by atoms with Gasteiger partial charge in [0.25, 0.3) is 0 Å². The Morgan fingerprint density at radius 2 is 1.86 bits per heavy atom. The third kappa shape index (κ3) is 3.75. The number of nitrogens with zero attached hydrogens (tertiary/aromatic N) is 2. The number of nitriles is 1. The van der Waals surface area contributed by atoms with Crippen LogP contribution in [-0.4, -0.2) is 35.1 Å². The van der Waals surface area contributed by atoms with Crippen LogP contribution < -0.4 is 0 Å². The minimum Gasteiger partial charge on any atom is -0.389 e. The fourth-order valence-electron chi connectivity index (χ4n) is 1.18. The van der Waals surface area contributed by atoms with Gasteiger partial charge in [0.2, 0.25) is 5.91 Å². The van der Waals surface area contributed by atoms with Crippen LogP contribution in [-0.2, 0) is 4.79 Å². The normalized spacial score (nSPS) is 12.1. The Hall–Kier alpha value is -1.08. The summed E-state index contributed by atoms with van der Waals surface area (Å²) in [6, 6.07) is 1.93. The Balaban J connectivity index is 4.51. The summed E-state index contributed by atoms with van der Waals surface area (Å²) in [6.07, 6.45) is 0. The van der Waals surface area contributed by atoms with E-state index in [0.717, 1.165) is 0 Å². The molecular weight excluding hydrogens is 180 g/mol. The average molecular weight is 198 g/mol. The maximum absolute atomic E-state index is 11.7. The van der Waals surface area contributed by atoms with Gasteiger partial charge in [-0.15, -0.1) is 0 Å². The van der Waals surface area contributed by atoms with Crippen LogP contribution in [0.15, 0.2) is 0 Å². The minimum atomic E-state index is -1.03. The highest BCUT2D eigenvalue weighted by Gasteiger charge is 2.32. The van der Waals surface area contributed by atoms with E-state index in [4.69, 9.17) is 5.26 Å². The summed E-state index contributed by atoms with van der Waals surface area (Å²) in [5.41, 5.74) is -1.96. The fraction of sp³-hybridized carbons (Fsp3) is 0.800. The molecule has 14 heavy (non-hydrogen) atoms.